The van der Waals surface area contributed by atoms with Crippen LogP contribution in [0, 0.1) is 0 Å². The fraction of sp³-hybridized carbons (Fsp3) is 0. The molecule has 51 heavy (non-hydrogen) atoms. The number of rotatable bonds is 3. The van der Waals surface area contributed by atoms with Crippen LogP contribution in [0.2, 0.25) is 0 Å². The Morgan fingerprint density at radius 3 is 1.61 bits per heavy atom. The minimum atomic E-state index is -1.13. The van der Waals surface area contributed by atoms with Crippen LogP contribution >= 0.6 is 0 Å². The van der Waals surface area contributed by atoms with E-state index in [1.54, 1.807) is 0 Å². The predicted octanol–water partition coefficient (Wildman–Crippen LogP) is 14.4. The van der Waals surface area contributed by atoms with E-state index in [1.165, 1.54) is 0 Å². The first kappa shape index (κ1) is 11.7. The van der Waals surface area contributed by atoms with Crippen LogP contribution in [0.4, 0.5) is 0 Å². The van der Waals surface area contributed by atoms with E-state index in [1.807, 2.05) is 0 Å². The maximum Gasteiger partial charge on any atom is 0.136 e. The summed E-state index contributed by atoms with van der Waals surface area (Å²) in [4.78, 5) is 0. The molecule has 1 heterocycles. The molecule has 236 valence electrons. The summed E-state index contributed by atoms with van der Waals surface area (Å²) in [6.45, 7) is 0. The summed E-state index contributed by atoms with van der Waals surface area (Å²) >= 11 is 0. The van der Waals surface area contributed by atoms with Gasteiger partial charge in [-0.1, -0.05) is 163 Å². The third-order valence-electron chi connectivity index (χ3n) is 8.64. The van der Waals surface area contributed by atoms with Crippen molar-refractivity contribution >= 4 is 75.8 Å². The lowest BCUT2D eigenvalue weighted by Crippen LogP contribution is -1.92. The van der Waals surface area contributed by atoms with Crippen LogP contribution in [0.5, 0.6) is 0 Å². The molecule has 0 N–H and O–H groups in total. The first-order valence-corrected chi connectivity index (χ1v) is 15.2. The molecule has 1 nitrogen and oxygen atoms in total. The Balaban J connectivity index is 1.44. The van der Waals surface area contributed by atoms with Crippen LogP contribution in [-0.4, -0.2) is 0 Å². The van der Waals surface area contributed by atoms with Gasteiger partial charge in [0.1, 0.15) is 11.2 Å². The summed E-state index contributed by atoms with van der Waals surface area (Å²) < 4.78 is 280. The lowest BCUT2D eigenvalue weighted by Gasteiger charge is -2.19. The monoisotopic (exact) mass is 676 g/mol. The average Bonchev–Trinajstić information content (AvgIpc) is 3.29. The maximum absolute atomic E-state index is 10.1. The van der Waals surface area contributed by atoms with Crippen LogP contribution in [0.1, 0.15) is 41.1 Å². The second kappa shape index (κ2) is 10.9. The summed E-state index contributed by atoms with van der Waals surface area (Å²) in [6, 6.07) is -28.8. The number of furan rings is 1. The molecular weight excluding hydrogens is 617 g/mol. The molecule has 0 aliphatic carbocycles. The maximum atomic E-state index is 10.1. The highest BCUT2D eigenvalue weighted by molar-refractivity contribution is 6.26. The molecule has 10 aromatic carbocycles. The summed E-state index contributed by atoms with van der Waals surface area (Å²) in [5, 5.41) is -7.81. The van der Waals surface area contributed by atoms with Gasteiger partial charge >= 0.3 is 0 Å². The van der Waals surface area contributed by atoms with Crippen LogP contribution in [0.3, 0.4) is 0 Å². The van der Waals surface area contributed by atoms with Gasteiger partial charge in [-0.25, -0.2) is 0 Å². The van der Waals surface area contributed by atoms with Gasteiger partial charge in [0.2, 0.25) is 0 Å². The molecular formula is C50H30O. The zero-order valence-corrected chi connectivity index (χ0v) is 25.4. The molecule has 0 spiro atoms. The van der Waals surface area contributed by atoms with Crippen LogP contribution in [0.25, 0.3) is 109 Å². The highest BCUT2D eigenvalue weighted by Crippen LogP contribution is 2.47. The molecule has 1 heteroatoms. The van der Waals surface area contributed by atoms with Crippen molar-refractivity contribution in [3.63, 3.8) is 0 Å². The van der Waals surface area contributed by atoms with Gasteiger partial charge in [-0.2, -0.15) is 0 Å². The van der Waals surface area contributed by atoms with Crippen LogP contribution in [-0.2, 0) is 0 Å². The standard InChI is InChI=1S/C50H30O/c1-3-16-35-31(12-1)26-28-39-38(35)23-10-24-40(39)48-43-20-7-5-18-41(43)47(42-19-6-8-21-44(42)48)34-15-9-14-33(30-34)37-22-11-25-45-50(37)49-36-17-4-2-13-32(36)27-29-46(49)51-45/h1-30H/i1D,2D,3D,4D,5D,6D,7D,8D,9D,10D,11D,12D,13D,14D,15D,16D,17D,18D,19D,20D,21D,22D,23D,24D,25D,26D,27D,28D,29D,30D. The Bertz CT molecular complexity index is 4850. The minimum Gasteiger partial charge on any atom is -0.456 e. The van der Waals surface area contributed by atoms with E-state index in [0.29, 0.717) is 0 Å². The normalized spacial score (nSPS) is 20.2. The molecule has 0 amide bonds. The van der Waals surface area contributed by atoms with E-state index < -0.39 is 290 Å². The summed E-state index contributed by atoms with van der Waals surface area (Å²) in [7, 11) is 0. The molecule has 0 aliphatic rings. The van der Waals surface area contributed by atoms with E-state index in [4.69, 9.17) is 30.5 Å². The molecule has 11 rings (SSSR count). The third kappa shape index (κ3) is 4.16. The zero-order chi connectivity index (χ0) is 59.6. The molecule has 0 atom stereocenters. The molecule has 0 bridgehead atoms. The van der Waals surface area contributed by atoms with Crippen molar-refractivity contribution < 1.29 is 45.5 Å². The molecule has 0 unspecified atom stereocenters. The van der Waals surface area contributed by atoms with Crippen LogP contribution < -0.4 is 0 Å². The van der Waals surface area contributed by atoms with Crippen molar-refractivity contribution in [2.24, 2.45) is 0 Å². The fourth-order valence-corrected chi connectivity index (χ4v) is 6.54. The van der Waals surface area contributed by atoms with Crippen molar-refractivity contribution in [1.82, 2.24) is 0 Å². The van der Waals surface area contributed by atoms with Gasteiger partial charge in [-0.3, -0.25) is 0 Å². The Hall–Kier alpha value is -6.70. The quantitative estimate of drug-likeness (QED) is 0.134. The lowest BCUT2D eigenvalue weighted by molar-refractivity contribution is 0.669. The van der Waals surface area contributed by atoms with E-state index in [0.717, 1.165) is 0 Å². The predicted molar refractivity (Wildman–Crippen MR) is 218 cm³/mol. The van der Waals surface area contributed by atoms with Gasteiger partial charge in [0.05, 0.1) is 41.1 Å². The summed E-state index contributed by atoms with van der Waals surface area (Å²) in [5.41, 5.74) is -6.27. The number of benzene rings is 10. The Kier molecular flexibility index (Phi) is 2.50. The smallest absolute Gasteiger partial charge is 0.136 e. The number of hydrogen-bond acceptors (Lipinski definition) is 1. The van der Waals surface area contributed by atoms with Gasteiger partial charge in [0, 0.05) is 10.8 Å². The molecule has 0 aliphatic heterocycles. The van der Waals surface area contributed by atoms with E-state index in [9.17, 15) is 15.1 Å². The molecule has 11 aromatic rings. The van der Waals surface area contributed by atoms with Gasteiger partial charge in [-0.05, 0) is 105 Å². The highest BCUT2D eigenvalue weighted by atomic mass is 16.3. The van der Waals surface area contributed by atoms with E-state index in [2.05, 4.69) is 0 Å². The van der Waals surface area contributed by atoms with Crippen molar-refractivity contribution in [3.8, 4) is 33.4 Å². The average molecular weight is 677 g/mol. The van der Waals surface area contributed by atoms with Crippen LogP contribution in [0.15, 0.2) is 186 Å². The second-order valence-electron chi connectivity index (χ2n) is 11.3. The second-order valence-corrected chi connectivity index (χ2v) is 11.3. The third-order valence-corrected chi connectivity index (χ3v) is 8.64. The first-order chi connectivity index (χ1) is 37.8. The fourth-order valence-electron chi connectivity index (χ4n) is 6.54. The Morgan fingerprint density at radius 1 is 0.314 bits per heavy atom. The molecule has 0 fully saturated rings. The van der Waals surface area contributed by atoms with Crippen molar-refractivity contribution in [2.75, 3.05) is 0 Å². The Labute approximate surface area is 336 Å². The first-order valence-electron chi connectivity index (χ1n) is 30.2. The largest absolute Gasteiger partial charge is 0.456 e. The topological polar surface area (TPSA) is 13.1 Å². The van der Waals surface area contributed by atoms with Gasteiger partial charge < -0.3 is 4.42 Å². The van der Waals surface area contributed by atoms with E-state index >= 15 is 0 Å². The minimum absolute atomic E-state index is 0.464. The van der Waals surface area contributed by atoms with Crippen molar-refractivity contribution in [3.05, 3.63) is 181 Å². The van der Waals surface area contributed by atoms with Crippen molar-refractivity contribution in [1.29, 1.82) is 0 Å². The SMILES string of the molecule is [2H]c1c([2H])c(-c2c3c([2H])c([2H])c([2H])c([2H])c3c(-c3c([2H])c([2H])c([2H])c4c3c([2H])c([2H])c3c([2H])c([2H])c([2H])c([2H])c34)c3c([2H])c([2H])c([2H])c([2H])c23)c([2H])c(-c2c([2H])c([2H])c([2H])c3oc4c([2H])c([2H])c5c([2H])c([2H])c([2H])c([2H])c5c4c23)c1[2H]. The highest BCUT2D eigenvalue weighted by Gasteiger charge is 2.20. The van der Waals surface area contributed by atoms with Gasteiger partial charge in [0.15, 0.2) is 0 Å². The Morgan fingerprint density at radius 2 is 0.843 bits per heavy atom. The summed E-state index contributed by atoms with van der Waals surface area (Å²) in [6.07, 6.45) is 0. The van der Waals surface area contributed by atoms with E-state index in [-0.39, 0.29) is 0 Å². The molecule has 0 saturated carbocycles. The lowest BCUT2D eigenvalue weighted by atomic mass is 9.84. The molecule has 1 aromatic heterocycles. The summed E-state index contributed by atoms with van der Waals surface area (Å²) in [5.74, 6) is 0. The molecule has 0 saturated heterocycles. The number of fused-ring (bicyclic) bond motifs is 10. The van der Waals surface area contributed by atoms with Gasteiger partial charge in [0.25, 0.3) is 0 Å². The van der Waals surface area contributed by atoms with Crippen molar-refractivity contribution in [2.45, 2.75) is 0 Å². The zero-order valence-electron chi connectivity index (χ0n) is 55.4. The molecule has 0 radical (unpaired) electrons. The number of hydrogen-bond donors (Lipinski definition) is 0. The van der Waals surface area contributed by atoms with Gasteiger partial charge in [-0.15, -0.1) is 0 Å².